The molecule has 0 saturated heterocycles. The van der Waals surface area contributed by atoms with Crippen molar-refractivity contribution < 1.29 is 4.74 Å². The first kappa shape index (κ1) is 18.4. The van der Waals surface area contributed by atoms with Crippen LogP contribution in [0.25, 0.3) is 16.7 Å². The summed E-state index contributed by atoms with van der Waals surface area (Å²) >= 11 is 2.22. The van der Waals surface area contributed by atoms with E-state index in [0.717, 1.165) is 37.8 Å². The predicted molar refractivity (Wildman–Crippen MR) is 117 cm³/mol. The van der Waals surface area contributed by atoms with Crippen LogP contribution in [0.1, 0.15) is 24.5 Å². The predicted octanol–water partition coefficient (Wildman–Crippen LogP) is 4.76. The molecular weight excluding hydrogens is 463 g/mol. The van der Waals surface area contributed by atoms with Gasteiger partial charge in [-0.3, -0.25) is 0 Å². The van der Waals surface area contributed by atoms with Gasteiger partial charge < -0.3 is 4.74 Å². The summed E-state index contributed by atoms with van der Waals surface area (Å²) in [7, 11) is 0. The van der Waals surface area contributed by atoms with Gasteiger partial charge in [0.15, 0.2) is 5.82 Å². The molecule has 0 spiro atoms. The molecule has 0 N–H and O–H groups in total. The minimum absolute atomic E-state index is 0.379. The van der Waals surface area contributed by atoms with E-state index in [2.05, 4.69) is 61.6 Å². The summed E-state index contributed by atoms with van der Waals surface area (Å²) in [5.41, 5.74) is 2.91. The van der Waals surface area contributed by atoms with E-state index in [4.69, 9.17) is 4.74 Å². The number of pyridine rings is 2. The van der Waals surface area contributed by atoms with Crippen molar-refractivity contribution in [2.45, 2.75) is 20.0 Å². The first-order valence-corrected chi connectivity index (χ1v) is 9.98. The zero-order valence-corrected chi connectivity index (χ0v) is 17.4. The average Bonchev–Trinajstić information content (AvgIpc) is 3.14. The van der Waals surface area contributed by atoms with E-state index in [0.29, 0.717) is 12.5 Å². The van der Waals surface area contributed by atoms with Crippen LogP contribution in [-0.4, -0.2) is 19.7 Å². The molecule has 0 amide bonds. The molecule has 3 heterocycles. The van der Waals surface area contributed by atoms with Crippen LogP contribution in [0.15, 0.2) is 61.1 Å². The van der Waals surface area contributed by atoms with E-state index in [1.807, 2.05) is 48.1 Å². The van der Waals surface area contributed by atoms with E-state index in [9.17, 15) is 0 Å². The van der Waals surface area contributed by atoms with Crippen LogP contribution in [0.3, 0.4) is 0 Å². The van der Waals surface area contributed by atoms with Crippen LogP contribution < -0.4 is 4.74 Å². The van der Waals surface area contributed by atoms with Gasteiger partial charge in [-0.25, -0.2) is 14.6 Å². The van der Waals surface area contributed by atoms with Crippen molar-refractivity contribution in [3.63, 3.8) is 0 Å². The number of hydrogen-bond donors (Lipinski definition) is 0. The largest absolute Gasteiger partial charge is 0.472 e. The standard InChI is InChI=1S/C22H17IN4O/c1-2-3-7-16-12-17-14-26-27(21-9-4-5-10-24-21)20(17)13-18(16)15-28-22-19(23)8-6-11-25-22/h4-6,8-14H,2,15H2,1H3. The van der Waals surface area contributed by atoms with Crippen LogP contribution in [0, 0.1) is 15.4 Å². The van der Waals surface area contributed by atoms with Crippen molar-refractivity contribution in [3.05, 3.63) is 75.8 Å². The third kappa shape index (κ3) is 3.85. The Labute approximate surface area is 176 Å². The van der Waals surface area contributed by atoms with Crippen LogP contribution in [0.2, 0.25) is 0 Å². The lowest BCUT2D eigenvalue weighted by Gasteiger charge is -2.10. The molecule has 0 atom stereocenters. The Morgan fingerprint density at radius 1 is 1.11 bits per heavy atom. The summed E-state index contributed by atoms with van der Waals surface area (Å²) in [6.45, 7) is 2.42. The van der Waals surface area contributed by atoms with Gasteiger partial charge in [-0.1, -0.05) is 24.8 Å². The average molecular weight is 480 g/mol. The second kappa shape index (κ2) is 8.40. The summed E-state index contributed by atoms with van der Waals surface area (Å²) in [6, 6.07) is 13.8. The molecule has 0 radical (unpaired) electrons. The highest BCUT2D eigenvalue weighted by Crippen LogP contribution is 2.24. The molecule has 0 aliphatic carbocycles. The molecule has 28 heavy (non-hydrogen) atoms. The molecule has 6 heteroatoms. The molecule has 0 aliphatic rings. The van der Waals surface area contributed by atoms with Gasteiger partial charge in [-0.15, -0.1) is 0 Å². The molecule has 4 rings (SSSR count). The molecule has 0 saturated carbocycles. The smallest absolute Gasteiger partial charge is 0.227 e. The Kier molecular flexibility index (Phi) is 5.53. The fourth-order valence-electron chi connectivity index (χ4n) is 2.82. The van der Waals surface area contributed by atoms with E-state index >= 15 is 0 Å². The van der Waals surface area contributed by atoms with E-state index in [1.165, 1.54) is 0 Å². The van der Waals surface area contributed by atoms with Crippen molar-refractivity contribution >= 4 is 33.5 Å². The number of rotatable bonds is 4. The Morgan fingerprint density at radius 3 is 2.79 bits per heavy atom. The van der Waals surface area contributed by atoms with Crippen LogP contribution >= 0.6 is 22.6 Å². The number of hydrogen-bond acceptors (Lipinski definition) is 4. The summed E-state index contributed by atoms with van der Waals surface area (Å²) in [4.78, 5) is 8.72. The van der Waals surface area contributed by atoms with E-state index in [1.54, 1.807) is 12.4 Å². The normalized spacial score (nSPS) is 10.5. The van der Waals surface area contributed by atoms with Crippen molar-refractivity contribution in [3.8, 4) is 23.5 Å². The maximum atomic E-state index is 5.98. The molecule has 5 nitrogen and oxygen atoms in total. The Hall–Kier alpha value is -2.92. The summed E-state index contributed by atoms with van der Waals surface area (Å²) < 4.78 is 8.79. The fraction of sp³-hybridized carbons (Fsp3) is 0.136. The highest BCUT2D eigenvalue weighted by Gasteiger charge is 2.12. The van der Waals surface area contributed by atoms with Crippen molar-refractivity contribution in [2.75, 3.05) is 0 Å². The molecule has 1 aromatic carbocycles. The van der Waals surface area contributed by atoms with Crippen molar-refractivity contribution in [2.24, 2.45) is 0 Å². The Bertz CT molecular complexity index is 1180. The highest BCUT2D eigenvalue weighted by atomic mass is 127. The van der Waals surface area contributed by atoms with Crippen molar-refractivity contribution in [1.82, 2.24) is 19.7 Å². The topological polar surface area (TPSA) is 52.8 Å². The van der Waals surface area contributed by atoms with Gasteiger partial charge in [0, 0.05) is 35.3 Å². The Morgan fingerprint density at radius 2 is 2.00 bits per heavy atom. The zero-order chi connectivity index (χ0) is 19.3. The fourth-order valence-corrected chi connectivity index (χ4v) is 3.32. The van der Waals surface area contributed by atoms with Gasteiger partial charge in [-0.05, 0) is 59.0 Å². The maximum Gasteiger partial charge on any atom is 0.227 e. The number of fused-ring (bicyclic) bond motifs is 1. The number of benzene rings is 1. The SMILES string of the molecule is CCC#Cc1cc2cnn(-c3ccccn3)c2cc1COc1ncccc1I. The van der Waals surface area contributed by atoms with Crippen molar-refractivity contribution in [1.29, 1.82) is 0 Å². The van der Waals surface area contributed by atoms with Gasteiger partial charge in [0.1, 0.15) is 6.61 Å². The van der Waals surface area contributed by atoms with Gasteiger partial charge in [0.25, 0.3) is 0 Å². The maximum absolute atomic E-state index is 5.98. The molecule has 138 valence electrons. The first-order chi connectivity index (χ1) is 13.8. The third-order valence-corrected chi connectivity index (χ3v) is 4.97. The van der Waals surface area contributed by atoms with Crippen LogP contribution in [0.5, 0.6) is 5.88 Å². The monoisotopic (exact) mass is 480 g/mol. The number of halogens is 1. The molecule has 4 aromatic rings. The lowest BCUT2D eigenvalue weighted by Crippen LogP contribution is -2.03. The molecule has 3 aromatic heterocycles. The molecule has 0 unspecified atom stereocenters. The summed E-state index contributed by atoms with van der Waals surface area (Å²) in [6.07, 6.45) is 6.13. The zero-order valence-electron chi connectivity index (χ0n) is 15.3. The second-order valence-corrected chi connectivity index (χ2v) is 7.21. The van der Waals surface area contributed by atoms with E-state index < -0.39 is 0 Å². The Balaban J connectivity index is 1.76. The number of nitrogens with zero attached hydrogens (tertiary/aromatic N) is 4. The molecule has 0 fully saturated rings. The van der Waals surface area contributed by atoms with Crippen LogP contribution in [0.4, 0.5) is 0 Å². The molecular formula is C22H17IN4O. The van der Waals surface area contributed by atoms with Gasteiger partial charge in [-0.2, -0.15) is 5.10 Å². The highest BCUT2D eigenvalue weighted by molar-refractivity contribution is 14.1. The number of aromatic nitrogens is 4. The minimum atomic E-state index is 0.379. The lowest BCUT2D eigenvalue weighted by atomic mass is 10.1. The summed E-state index contributed by atoms with van der Waals surface area (Å²) in [5, 5.41) is 5.53. The van der Waals surface area contributed by atoms with Crippen LogP contribution in [-0.2, 0) is 6.61 Å². The third-order valence-electron chi connectivity index (χ3n) is 4.15. The minimum Gasteiger partial charge on any atom is -0.472 e. The van der Waals surface area contributed by atoms with E-state index in [-0.39, 0.29) is 0 Å². The molecule has 0 aliphatic heterocycles. The second-order valence-electron chi connectivity index (χ2n) is 6.05. The van der Waals surface area contributed by atoms with Gasteiger partial charge in [0.2, 0.25) is 5.88 Å². The first-order valence-electron chi connectivity index (χ1n) is 8.90. The number of ether oxygens (including phenoxy) is 1. The van der Waals surface area contributed by atoms with Gasteiger partial charge >= 0.3 is 0 Å². The lowest BCUT2D eigenvalue weighted by molar-refractivity contribution is 0.291. The van der Waals surface area contributed by atoms with Gasteiger partial charge in [0.05, 0.1) is 15.3 Å². The molecule has 0 bridgehead atoms. The summed E-state index contributed by atoms with van der Waals surface area (Å²) in [5.74, 6) is 7.80. The quantitative estimate of drug-likeness (QED) is 0.312.